The number of nitrogens with two attached hydrogens (primary N) is 1. The second kappa shape index (κ2) is 4.38. The molecule has 0 aromatic carbocycles. The Morgan fingerprint density at radius 3 is 3.06 bits per heavy atom. The van der Waals surface area contributed by atoms with Gasteiger partial charge in [0.25, 0.3) is 0 Å². The summed E-state index contributed by atoms with van der Waals surface area (Å²) in [5.74, 6) is -0.271. The number of hydrogen-bond donors (Lipinski definition) is 1. The van der Waals surface area contributed by atoms with Crippen molar-refractivity contribution in [1.29, 1.82) is 0 Å². The second-order valence-electron chi connectivity index (χ2n) is 4.28. The van der Waals surface area contributed by atoms with Crippen LogP contribution in [0.4, 0.5) is 10.1 Å². The van der Waals surface area contributed by atoms with Crippen LogP contribution in [-0.2, 0) is 4.74 Å². The fourth-order valence-electron chi connectivity index (χ4n) is 2.07. The summed E-state index contributed by atoms with van der Waals surface area (Å²) in [4.78, 5) is 8.21. The molecule has 0 aliphatic carbocycles. The van der Waals surface area contributed by atoms with Gasteiger partial charge in [0, 0.05) is 18.9 Å². The summed E-state index contributed by atoms with van der Waals surface area (Å²) in [5.41, 5.74) is 6.58. The summed E-state index contributed by atoms with van der Waals surface area (Å²) in [5, 5.41) is 0. The molecule has 3 rings (SSSR count). The molecule has 2 aromatic heterocycles. The van der Waals surface area contributed by atoms with Crippen LogP contribution in [0.5, 0.6) is 0 Å². The molecule has 0 radical (unpaired) electrons. The zero-order valence-electron chi connectivity index (χ0n) is 9.71. The van der Waals surface area contributed by atoms with Crippen LogP contribution in [0.2, 0.25) is 0 Å². The molecule has 6 heteroatoms. The highest BCUT2D eigenvalue weighted by Gasteiger charge is 2.20. The Kier molecular flexibility index (Phi) is 2.71. The van der Waals surface area contributed by atoms with Crippen LogP contribution in [0.3, 0.4) is 0 Å². The molecule has 18 heavy (non-hydrogen) atoms. The van der Waals surface area contributed by atoms with Crippen molar-refractivity contribution in [3.05, 3.63) is 36.3 Å². The van der Waals surface area contributed by atoms with E-state index < -0.39 is 5.82 Å². The van der Waals surface area contributed by atoms with Crippen LogP contribution in [0.1, 0.15) is 24.6 Å². The van der Waals surface area contributed by atoms with E-state index in [1.807, 2.05) is 0 Å². The number of rotatable bonds is 2. The quantitative estimate of drug-likeness (QED) is 0.880. The van der Waals surface area contributed by atoms with Crippen LogP contribution in [0.25, 0.3) is 5.82 Å². The topological polar surface area (TPSA) is 66.0 Å². The summed E-state index contributed by atoms with van der Waals surface area (Å²) in [6, 6.07) is 1.24. The van der Waals surface area contributed by atoms with Gasteiger partial charge in [-0.25, -0.2) is 14.4 Å². The Morgan fingerprint density at radius 2 is 2.33 bits per heavy atom. The van der Waals surface area contributed by atoms with Crippen molar-refractivity contribution in [3.8, 4) is 5.82 Å². The first kappa shape index (κ1) is 11.2. The van der Waals surface area contributed by atoms with Gasteiger partial charge in [-0.3, -0.25) is 4.57 Å². The van der Waals surface area contributed by atoms with E-state index in [4.69, 9.17) is 10.5 Å². The Bertz CT molecular complexity index is 563. The molecule has 1 aliphatic rings. The molecule has 0 bridgehead atoms. The molecule has 2 aromatic rings. The van der Waals surface area contributed by atoms with Gasteiger partial charge < -0.3 is 10.5 Å². The van der Waals surface area contributed by atoms with Crippen LogP contribution in [0.15, 0.2) is 24.8 Å². The number of ether oxygens (including phenoxy) is 1. The van der Waals surface area contributed by atoms with Gasteiger partial charge in [-0.15, -0.1) is 0 Å². The monoisotopic (exact) mass is 248 g/mol. The molecule has 2 N–H and O–H groups in total. The standard InChI is InChI=1S/C12H13FN4O/c13-9-4-8(14)5-15-12(9)17-6-10(16-7-17)11-2-1-3-18-11/h4-7,11H,1-3,14H2. The van der Waals surface area contributed by atoms with E-state index in [0.717, 1.165) is 25.1 Å². The van der Waals surface area contributed by atoms with E-state index in [1.54, 1.807) is 17.1 Å². The normalized spacial score (nSPS) is 19.3. The molecule has 1 saturated heterocycles. The molecule has 0 spiro atoms. The molecule has 1 fully saturated rings. The molecule has 1 unspecified atom stereocenters. The number of anilines is 1. The maximum atomic E-state index is 13.7. The van der Waals surface area contributed by atoms with Gasteiger partial charge in [0.05, 0.1) is 17.6 Å². The minimum Gasteiger partial charge on any atom is -0.397 e. The highest BCUT2D eigenvalue weighted by molar-refractivity contribution is 5.40. The van der Waals surface area contributed by atoms with Crippen LogP contribution in [0, 0.1) is 5.82 Å². The Hall–Kier alpha value is -1.95. The first-order valence-electron chi connectivity index (χ1n) is 5.81. The first-order valence-corrected chi connectivity index (χ1v) is 5.81. The highest BCUT2D eigenvalue weighted by Crippen LogP contribution is 2.27. The smallest absolute Gasteiger partial charge is 0.174 e. The van der Waals surface area contributed by atoms with Crippen LogP contribution in [-0.4, -0.2) is 21.1 Å². The van der Waals surface area contributed by atoms with E-state index >= 15 is 0 Å². The van der Waals surface area contributed by atoms with Crippen molar-refractivity contribution in [3.63, 3.8) is 0 Å². The number of pyridine rings is 1. The van der Waals surface area contributed by atoms with Crippen molar-refractivity contribution in [2.45, 2.75) is 18.9 Å². The Balaban J connectivity index is 1.92. The molecule has 94 valence electrons. The van der Waals surface area contributed by atoms with Crippen molar-refractivity contribution >= 4 is 5.69 Å². The minimum atomic E-state index is -0.466. The lowest BCUT2D eigenvalue weighted by Gasteiger charge is -2.05. The lowest BCUT2D eigenvalue weighted by atomic mass is 10.2. The third-order valence-corrected chi connectivity index (χ3v) is 2.95. The predicted octanol–water partition coefficient (Wildman–Crippen LogP) is 1.84. The average molecular weight is 248 g/mol. The second-order valence-corrected chi connectivity index (χ2v) is 4.28. The van der Waals surface area contributed by atoms with Crippen molar-refractivity contribution in [1.82, 2.24) is 14.5 Å². The van der Waals surface area contributed by atoms with Crippen molar-refractivity contribution < 1.29 is 9.13 Å². The molecule has 0 amide bonds. The summed E-state index contributed by atoms with van der Waals surface area (Å²) in [6.45, 7) is 0.756. The van der Waals surface area contributed by atoms with Gasteiger partial charge in [-0.1, -0.05) is 0 Å². The summed E-state index contributed by atoms with van der Waals surface area (Å²) in [6.07, 6.45) is 6.71. The van der Waals surface area contributed by atoms with E-state index in [1.165, 1.54) is 12.3 Å². The maximum absolute atomic E-state index is 13.7. The van der Waals surface area contributed by atoms with Gasteiger partial charge >= 0.3 is 0 Å². The largest absolute Gasteiger partial charge is 0.397 e. The Labute approximate surface area is 103 Å². The zero-order chi connectivity index (χ0) is 12.5. The molecule has 1 aliphatic heterocycles. The SMILES string of the molecule is Nc1cnc(-n2cnc(C3CCCO3)c2)c(F)c1. The molecule has 3 heterocycles. The third-order valence-electron chi connectivity index (χ3n) is 2.95. The third kappa shape index (κ3) is 1.95. The number of imidazole rings is 1. The maximum Gasteiger partial charge on any atom is 0.174 e. The number of aromatic nitrogens is 3. The number of nitrogens with zero attached hydrogens (tertiary/aromatic N) is 3. The van der Waals surface area contributed by atoms with Gasteiger partial charge in [0.15, 0.2) is 11.6 Å². The highest BCUT2D eigenvalue weighted by atomic mass is 19.1. The van der Waals surface area contributed by atoms with Gasteiger partial charge in [-0.2, -0.15) is 0 Å². The lowest BCUT2D eigenvalue weighted by Crippen LogP contribution is -2.00. The predicted molar refractivity (Wildman–Crippen MR) is 63.7 cm³/mol. The Morgan fingerprint density at radius 1 is 1.44 bits per heavy atom. The molecular formula is C12H13FN4O. The van der Waals surface area contributed by atoms with Crippen molar-refractivity contribution in [2.75, 3.05) is 12.3 Å². The molecule has 0 saturated carbocycles. The summed E-state index contributed by atoms with van der Waals surface area (Å²) < 4.78 is 20.8. The van der Waals surface area contributed by atoms with Crippen molar-refractivity contribution in [2.24, 2.45) is 0 Å². The fourth-order valence-corrected chi connectivity index (χ4v) is 2.07. The first-order chi connectivity index (χ1) is 8.74. The lowest BCUT2D eigenvalue weighted by molar-refractivity contribution is 0.109. The number of hydrogen-bond acceptors (Lipinski definition) is 4. The van der Waals surface area contributed by atoms with Crippen LogP contribution < -0.4 is 5.73 Å². The zero-order valence-corrected chi connectivity index (χ0v) is 9.71. The van der Waals surface area contributed by atoms with Gasteiger partial charge in [0.1, 0.15) is 12.4 Å². The molecule has 1 atom stereocenters. The van der Waals surface area contributed by atoms with E-state index in [-0.39, 0.29) is 11.9 Å². The molecule has 5 nitrogen and oxygen atoms in total. The van der Waals surface area contributed by atoms with Gasteiger partial charge in [0.2, 0.25) is 0 Å². The minimum absolute atomic E-state index is 0.0168. The number of halogens is 1. The van der Waals surface area contributed by atoms with E-state index in [0.29, 0.717) is 5.69 Å². The van der Waals surface area contributed by atoms with Crippen LogP contribution >= 0.6 is 0 Å². The van der Waals surface area contributed by atoms with E-state index in [2.05, 4.69) is 9.97 Å². The average Bonchev–Trinajstić information content (AvgIpc) is 2.99. The number of nitrogen functional groups attached to an aromatic ring is 1. The fraction of sp³-hybridized carbons (Fsp3) is 0.333. The molecular weight excluding hydrogens is 235 g/mol. The van der Waals surface area contributed by atoms with Gasteiger partial charge in [-0.05, 0) is 12.8 Å². The summed E-state index contributed by atoms with van der Waals surface area (Å²) in [7, 11) is 0. The van der Waals surface area contributed by atoms with E-state index in [9.17, 15) is 4.39 Å². The summed E-state index contributed by atoms with van der Waals surface area (Å²) >= 11 is 0.